The molecule has 154 valence electrons. The third-order valence-electron chi connectivity index (χ3n) is 5.55. The zero-order valence-electron chi connectivity index (χ0n) is 17.2. The van der Waals surface area contributed by atoms with Gasteiger partial charge in [0.05, 0.1) is 6.54 Å². The van der Waals surface area contributed by atoms with E-state index >= 15 is 0 Å². The van der Waals surface area contributed by atoms with Crippen molar-refractivity contribution in [1.82, 2.24) is 15.1 Å². The van der Waals surface area contributed by atoms with E-state index < -0.39 is 0 Å². The monoisotopic (exact) mass is 395 g/mol. The van der Waals surface area contributed by atoms with Gasteiger partial charge in [0.15, 0.2) is 0 Å². The SMILES string of the molecule is CCNC(=O)CN(CC)C(=O)C1CCN(C(=O)c2cccc3ccccc23)CC1. The van der Waals surface area contributed by atoms with Crippen LogP contribution < -0.4 is 5.32 Å². The molecule has 29 heavy (non-hydrogen) atoms. The molecular weight excluding hydrogens is 366 g/mol. The Kier molecular flexibility index (Phi) is 6.86. The molecule has 1 fully saturated rings. The van der Waals surface area contributed by atoms with Crippen LogP contribution in [0.2, 0.25) is 0 Å². The van der Waals surface area contributed by atoms with Crippen molar-refractivity contribution in [3.8, 4) is 0 Å². The third kappa shape index (κ3) is 4.75. The normalized spacial score (nSPS) is 14.6. The van der Waals surface area contributed by atoms with Crippen LogP contribution in [0.3, 0.4) is 0 Å². The van der Waals surface area contributed by atoms with Gasteiger partial charge in [-0.05, 0) is 43.5 Å². The largest absolute Gasteiger partial charge is 0.355 e. The summed E-state index contributed by atoms with van der Waals surface area (Å²) in [6.07, 6.45) is 1.25. The number of nitrogens with zero attached hydrogens (tertiary/aromatic N) is 2. The fraction of sp³-hybridized carbons (Fsp3) is 0.435. The molecule has 2 aromatic rings. The molecule has 0 bridgehead atoms. The predicted octanol–water partition coefficient (Wildman–Crippen LogP) is 2.68. The Morgan fingerprint density at radius 1 is 1.03 bits per heavy atom. The summed E-state index contributed by atoms with van der Waals surface area (Å²) in [5.74, 6) is -0.245. The Morgan fingerprint density at radius 3 is 2.41 bits per heavy atom. The number of likely N-dealkylation sites (tertiary alicyclic amines) is 1. The maximum Gasteiger partial charge on any atom is 0.254 e. The Hall–Kier alpha value is -2.89. The molecular formula is C23H29N3O3. The highest BCUT2D eigenvalue weighted by molar-refractivity contribution is 6.07. The van der Waals surface area contributed by atoms with Crippen molar-refractivity contribution in [2.75, 3.05) is 32.7 Å². The number of hydrogen-bond acceptors (Lipinski definition) is 3. The summed E-state index contributed by atoms with van der Waals surface area (Å²) in [4.78, 5) is 41.2. The second kappa shape index (κ2) is 9.54. The summed E-state index contributed by atoms with van der Waals surface area (Å²) in [7, 11) is 0. The minimum atomic E-state index is -0.138. The summed E-state index contributed by atoms with van der Waals surface area (Å²) in [6, 6.07) is 13.7. The van der Waals surface area contributed by atoms with Gasteiger partial charge in [0.1, 0.15) is 0 Å². The molecule has 6 heteroatoms. The van der Waals surface area contributed by atoms with Crippen molar-refractivity contribution in [2.45, 2.75) is 26.7 Å². The molecule has 6 nitrogen and oxygen atoms in total. The van der Waals surface area contributed by atoms with Gasteiger partial charge in [0.25, 0.3) is 5.91 Å². The Bertz CT molecular complexity index is 883. The highest BCUT2D eigenvalue weighted by Crippen LogP contribution is 2.24. The zero-order valence-corrected chi connectivity index (χ0v) is 17.2. The highest BCUT2D eigenvalue weighted by atomic mass is 16.2. The molecule has 1 aliphatic rings. The Labute approximate surface area is 171 Å². The van der Waals surface area contributed by atoms with Crippen LogP contribution in [0.4, 0.5) is 0 Å². The number of carbonyl (C=O) groups is 3. The lowest BCUT2D eigenvalue weighted by molar-refractivity contribution is -0.140. The number of nitrogens with one attached hydrogen (secondary N) is 1. The molecule has 1 aliphatic heterocycles. The molecule has 0 saturated carbocycles. The van der Waals surface area contributed by atoms with E-state index in [1.807, 2.05) is 61.2 Å². The van der Waals surface area contributed by atoms with Gasteiger partial charge >= 0.3 is 0 Å². The van der Waals surface area contributed by atoms with E-state index in [2.05, 4.69) is 5.32 Å². The fourth-order valence-electron chi connectivity index (χ4n) is 3.94. The van der Waals surface area contributed by atoms with Crippen LogP contribution in [-0.2, 0) is 9.59 Å². The van der Waals surface area contributed by atoms with E-state index in [0.717, 1.165) is 10.8 Å². The van der Waals surface area contributed by atoms with Gasteiger partial charge in [0.2, 0.25) is 11.8 Å². The molecule has 1 saturated heterocycles. The minimum Gasteiger partial charge on any atom is -0.355 e. The van der Waals surface area contributed by atoms with Crippen LogP contribution in [0.1, 0.15) is 37.0 Å². The molecule has 3 amide bonds. The summed E-state index contributed by atoms with van der Waals surface area (Å²) in [5, 5.41) is 4.74. The van der Waals surface area contributed by atoms with Crippen molar-refractivity contribution < 1.29 is 14.4 Å². The first kappa shape index (κ1) is 20.8. The number of benzene rings is 2. The molecule has 0 aliphatic carbocycles. The standard InChI is InChI=1S/C23H29N3O3/c1-3-24-21(27)16-25(4-2)22(28)18-12-14-26(15-13-18)23(29)20-11-7-9-17-8-5-6-10-19(17)20/h5-11,18H,3-4,12-16H2,1-2H3,(H,24,27). The summed E-state index contributed by atoms with van der Waals surface area (Å²) < 4.78 is 0. The van der Waals surface area contributed by atoms with Crippen LogP contribution >= 0.6 is 0 Å². The van der Waals surface area contributed by atoms with Gasteiger partial charge in [-0.15, -0.1) is 0 Å². The molecule has 2 aromatic carbocycles. The second-order valence-corrected chi connectivity index (χ2v) is 7.40. The van der Waals surface area contributed by atoms with E-state index in [9.17, 15) is 14.4 Å². The van der Waals surface area contributed by atoms with Crippen LogP contribution in [0.5, 0.6) is 0 Å². The predicted molar refractivity (Wildman–Crippen MR) is 114 cm³/mol. The number of piperidine rings is 1. The van der Waals surface area contributed by atoms with Gasteiger partial charge in [-0.2, -0.15) is 0 Å². The molecule has 1 heterocycles. The average Bonchev–Trinajstić information content (AvgIpc) is 2.76. The van der Waals surface area contributed by atoms with E-state index in [1.165, 1.54) is 0 Å². The lowest BCUT2D eigenvalue weighted by atomic mass is 9.94. The van der Waals surface area contributed by atoms with E-state index in [1.54, 1.807) is 4.90 Å². The van der Waals surface area contributed by atoms with E-state index in [-0.39, 0.29) is 30.2 Å². The first-order valence-electron chi connectivity index (χ1n) is 10.4. The van der Waals surface area contributed by atoms with Gasteiger partial charge in [-0.25, -0.2) is 0 Å². The lowest BCUT2D eigenvalue weighted by Gasteiger charge is -2.34. The summed E-state index contributed by atoms with van der Waals surface area (Å²) >= 11 is 0. The van der Waals surface area contributed by atoms with E-state index in [4.69, 9.17) is 0 Å². The number of carbonyl (C=O) groups excluding carboxylic acids is 3. The van der Waals surface area contributed by atoms with Crippen LogP contribution in [0.15, 0.2) is 42.5 Å². The van der Waals surface area contributed by atoms with Crippen molar-refractivity contribution in [2.24, 2.45) is 5.92 Å². The van der Waals surface area contributed by atoms with E-state index in [0.29, 0.717) is 44.6 Å². The molecule has 0 spiro atoms. The van der Waals surface area contributed by atoms with Gasteiger partial charge < -0.3 is 15.1 Å². The number of rotatable bonds is 6. The summed E-state index contributed by atoms with van der Waals surface area (Å²) in [6.45, 7) is 6.01. The Morgan fingerprint density at radius 2 is 1.72 bits per heavy atom. The Balaban J connectivity index is 1.63. The lowest BCUT2D eigenvalue weighted by Crippen LogP contribution is -2.47. The van der Waals surface area contributed by atoms with Gasteiger partial charge in [0, 0.05) is 37.7 Å². The fourth-order valence-corrected chi connectivity index (χ4v) is 3.94. The first-order valence-corrected chi connectivity index (χ1v) is 10.4. The van der Waals surface area contributed by atoms with Crippen molar-refractivity contribution >= 4 is 28.5 Å². The van der Waals surface area contributed by atoms with Crippen LogP contribution in [0, 0.1) is 5.92 Å². The molecule has 3 rings (SSSR count). The van der Waals surface area contributed by atoms with Crippen molar-refractivity contribution in [3.63, 3.8) is 0 Å². The van der Waals surface area contributed by atoms with Crippen LogP contribution in [-0.4, -0.2) is 60.2 Å². The quantitative estimate of drug-likeness (QED) is 0.818. The number of amides is 3. The number of hydrogen-bond donors (Lipinski definition) is 1. The number of fused-ring (bicyclic) bond motifs is 1. The first-order chi connectivity index (χ1) is 14.0. The minimum absolute atomic E-state index is 0.0102. The zero-order chi connectivity index (χ0) is 20.8. The third-order valence-corrected chi connectivity index (χ3v) is 5.55. The summed E-state index contributed by atoms with van der Waals surface area (Å²) in [5.41, 5.74) is 0.708. The second-order valence-electron chi connectivity index (χ2n) is 7.40. The number of likely N-dealkylation sites (N-methyl/N-ethyl adjacent to an activating group) is 2. The van der Waals surface area contributed by atoms with Crippen LogP contribution in [0.25, 0.3) is 10.8 Å². The maximum absolute atomic E-state index is 13.1. The smallest absolute Gasteiger partial charge is 0.254 e. The average molecular weight is 396 g/mol. The topological polar surface area (TPSA) is 69.7 Å². The molecule has 0 atom stereocenters. The maximum atomic E-state index is 13.1. The van der Waals surface area contributed by atoms with Gasteiger partial charge in [-0.3, -0.25) is 14.4 Å². The van der Waals surface area contributed by atoms with Crippen molar-refractivity contribution in [1.29, 1.82) is 0 Å². The van der Waals surface area contributed by atoms with Crippen molar-refractivity contribution in [3.05, 3.63) is 48.0 Å². The van der Waals surface area contributed by atoms with Gasteiger partial charge in [-0.1, -0.05) is 36.4 Å². The molecule has 0 unspecified atom stereocenters. The molecule has 1 N–H and O–H groups in total. The highest BCUT2D eigenvalue weighted by Gasteiger charge is 2.31. The molecule has 0 aromatic heterocycles. The molecule has 0 radical (unpaired) electrons.